The molecule has 14 heavy (non-hydrogen) atoms. The summed E-state index contributed by atoms with van der Waals surface area (Å²) >= 11 is 2.42. The molecular weight excluding hydrogens is 307 g/mol. The highest BCUT2D eigenvalue weighted by molar-refractivity contribution is 14.1. The van der Waals surface area contributed by atoms with E-state index in [0.29, 0.717) is 0 Å². The van der Waals surface area contributed by atoms with Crippen LogP contribution in [0.1, 0.15) is 33.6 Å². The van der Waals surface area contributed by atoms with Crippen LogP contribution in [0.25, 0.3) is 0 Å². The van der Waals surface area contributed by atoms with E-state index in [1.807, 2.05) is 0 Å². The van der Waals surface area contributed by atoms with E-state index in [2.05, 4.69) is 43.4 Å². The van der Waals surface area contributed by atoms with Gasteiger partial charge in [0.15, 0.2) is 0 Å². The molecule has 0 rings (SSSR count). The predicted octanol–water partition coefficient (Wildman–Crippen LogP) is 3.74. The fourth-order valence-electron chi connectivity index (χ4n) is 1.70. The monoisotopic (exact) mass is 330 g/mol. The van der Waals surface area contributed by atoms with E-state index in [1.54, 1.807) is 0 Å². The Morgan fingerprint density at radius 3 is 1.93 bits per heavy atom. The van der Waals surface area contributed by atoms with Crippen LogP contribution in [0, 0.1) is 0 Å². The van der Waals surface area contributed by atoms with Gasteiger partial charge in [0.05, 0.1) is 0 Å². The summed E-state index contributed by atoms with van der Waals surface area (Å²) in [6, 6.07) is 2.30. The van der Waals surface area contributed by atoms with Gasteiger partial charge in [0, 0.05) is 13.2 Å². The van der Waals surface area contributed by atoms with Crippen LogP contribution >= 0.6 is 22.6 Å². The van der Waals surface area contributed by atoms with Crippen molar-refractivity contribution in [2.75, 3.05) is 17.6 Å². The minimum atomic E-state index is -1.82. The third-order valence-electron chi connectivity index (χ3n) is 2.14. The van der Waals surface area contributed by atoms with Crippen LogP contribution in [0.5, 0.6) is 0 Å². The summed E-state index contributed by atoms with van der Waals surface area (Å²) in [4.78, 5) is 0. The van der Waals surface area contributed by atoms with E-state index in [4.69, 9.17) is 8.85 Å². The minimum absolute atomic E-state index is 0.799. The smallest absolute Gasteiger partial charge is 0.338 e. The Morgan fingerprint density at radius 2 is 1.57 bits per heavy atom. The summed E-state index contributed by atoms with van der Waals surface area (Å²) in [5.74, 6) is 0. The summed E-state index contributed by atoms with van der Waals surface area (Å²) in [5, 5.41) is 0. The summed E-state index contributed by atoms with van der Waals surface area (Å²) in [6.45, 7) is 7.95. The SMILES string of the molecule is CCC[Si](CCCI)(OCC)OCC. The summed E-state index contributed by atoms with van der Waals surface area (Å²) in [6.07, 6.45) is 2.40. The molecule has 0 saturated carbocycles. The zero-order chi connectivity index (χ0) is 10.9. The second-order valence-electron chi connectivity index (χ2n) is 3.32. The molecule has 0 saturated heterocycles. The number of hydrogen-bond donors (Lipinski definition) is 0. The first-order chi connectivity index (χ1) is 6.74. The molecule has 0 aromatic carbocycles. The zero-order valence-electron chi connectivity index (χ0n) is 9.64. The summed E-state index contributed by atoms with van der Waals surface area (Å²) in [5.41, 5.74) is 0. The van der Waals surface area contributed by atoms with Crippen LogP contribution < -0.4 is 0 Å². The first kappa shape index (κ1) is 14.9. The highest BCUT2D eigenvalue weighted by Gasteiger charge is 2.35. The Bertz CT molecular complexity index is 116. The molecule has 0 aliphatic heterocycles. The summed E-state index contributed by atoms with van der Waals surface area (Å²) in [7, 11) is -1.82. The minimum Gasteiger partial charge on any atom is -0.394 e. The normalized spacial score (nSPS) is 12.0. The fourth-order valence-corrected chi connectivity index (χ4v) is 6.24. The average molecular weight is 330 g/mol. The molecular formula is C10H23IO2Si. The van der Waals surface area contributed by atoms with Crippen molar-refractivity contribution in [2.24, 2.45) is 0 Å². The molecule has 86 valence electrons. The maximum Gasteiger partial charge on any atom is 0.338 e. The number of alkyl halides is 1. The van der Waals surface area contributed by atoms with Gasteiger partial charge in [-0.25, -0.2) is 0 Å². The van der Waals surface area contributed by atoms with Crippen LogP contribution in [0.3, 0.4) is 0 Å². The lowest BCUT2D eigenvalue weighted by Gasteiger charge is -2.29. The largest absolute Gasteiger partial charge is 0.394 e. The van der Waals surface area contributed by atoms with E-state index >= 15 is 0 Å². The fraction of sp³-hybridized carbons (Fsp3) is 1.00. The van der Waals surface area contributed by atoms with Crippen molar-refractivity contribution in [1.82, 2.24) is 0 Å². The highest BCUT2D eigenvalue weighted by Crippen LogP contribution is 2.23. The van der Waals surface area contributed by atoms with Crippen molar-refractivity contribution in [2.45, 2.75) is 45.7 Å². The van der Waals surface area contributed by atoms with E-state index in [1.165, 1.54) is 17.3 Å². The molecule has 2 nitrogen and oxygen atoms in total. The molecule has 0 aromatic heterocycles. The predicted molar refractivity (Wildman–Crippen MR) is 72.4 cm³/mol. The quantitative estimate of drug-likeness (QED) is 0.364. The molecule has 0 atom stereocenters. The second kappa shape index (κ2) is 9.12. The Balaban J connectivity index is 4.21. The number of halogens is 1. The van der Waals surface area contributed by atoms with Gasteiger partial charge in [-0.1, -0.05) is 35.9 Å². The van der Waals surface area contributed by atoms with E-state index in [0.717, 1.165) is 25.3 Å². The Kier molecular flexibility index (Phi) is 9.68. The van der Waals surface area contributed by atoms with Crippen molar-refractivity contribution >= 4 is 31.2 Å². The highest BCUT2D eigenvalue weighted by atomic mass is 127. The Hall–Kier alpha value is 0.867. The van der Waals surface area contributed by atoms with Gasteiger partial charge in [0.25, 0.3) is 0 Å². The molecule has 0 aliphatic rings. The van der Waals surface area contributed by atoms with E-state index in [9.17, 15) is 0 Å². The van der Waals surface area contributed by atoms with Crippen LogP contribution in [0.15, 0.2) is 0 Å². The summed E-state index contributed by atoms with van der Waals surface area (Å²) < 4.78 is 13.1. The molecule has 0 unspecified atom stereocenters. The third-order valence-corrected chi connectivity index (χ3v) is 6.91. The van der Waals surface area contributed by atoms with Crippen molar-refractivity contribution in [3.8, 4) is 0 Å². The lowest BCUT2D eigenvalue weighted by atomic mass is 10.6. The average Bonchev–Trinajstić information content (AvgIpc) is 2.16. The first-order valence-corrected chi connectivity index (χ1v) is 9.34. The van der Waals surface area contributed by atoms with Gasteiger partial charge in [0.1, 0.15) is 0 Å². The topological polar surface area (TPSA) is 18.5 Å². The number of rotatable bonds is 9. The maximum atomic E-state index is 5.93. The molecule has 4 heteroatoms. The molecule has 0 spiro atoms. The van der Waals surface area contributed by atoms with Crippen LogP contribution in [-0.2, 0) is 8.85 Å². The van der Waals surface area contributed by atoms with Crippen molar-refractivity contribution in [3.05, 3.63) is 0 Å². The molecule has 0 heterocycles. The lowest BCUT2D eigenvalue weighted by molar-refractivity contribution is 0.182. The van der Waals surface area contributed by atoms with E-state index in [-0.39, 0.29) is 0 Å². The molecule has 0 radical (unpaired) electrons. The zero-order valence-corrected chi connectivity index (χ0v) is 12.8. The van der Waals surface area contributed by atoms with Gasteiger partial charge >= 0.3 is 8.56 Å². The van der Waals surface area contributed by atoms with Crippen LogP contribution in [-0.4, -0.2) is 26.2 Å². The Labute approximate surface area is 103 Å². The molecule has 0 bridgehead atoms. The lowest BCUT2D eigenvalue weighted by Crippen LogP contribution is -2.42. The molecule has 0 aliphatic carbocycles. The van der Waals surface area contributed by atoms with Gasteiger partial charge in [-0.2, -0.15) is 0 Å². The maximum absolute atomic E-state index is 5.93. The van der Waals surface area contributed by atoms with Crippen molar-refractivity contribution in [1.29, 1.82) is 0 Å². The first-order valence-electron chi connectivity index (χ1n) is 5.58. The van der Waals surface area contributed by atoms with E-state index < -0.39 is 8.56 Å². The molecule has 0 aromatic rings. The van der Waals surface area contributed by atoms with Gasteiger partial charge in [-0.3, -0.25) is 0 Å². The van der Waals surface area contributed by atoms with Crippen LogP contribution in [0.4, 0.5) is 0 Å². The van der Waals surface area contributed by atoms with Crippen LogP contribution in [0.2, 0.25) is 12.1 Å². The third kappa shape index (κ3) is 5.68. The molecule has 0 amide bonds. The van der Waals surface area contributed by atoms with Crippen molar-refractivity contribution in [3.63, 3.8) is 0 Å². The van der Waals surface area contributed by atoms with Gasteiger partial charge in [0.2, 0.25) is 0 Å². The second-order valence-corrected chi connectivity index (χ2v) is 7.80. The number of hydrogen-bond acceptors (Lipinski definition) is 2. The standard InChI is InChI=1S/C10H23IO2Si/c1-4-9-14(12-5-2,13-6-3)10-7-8-11/h4-10H2,1-3H3. The van der Waals surface area contributed by atoms with Gasteiger partial charge in [-0.15, -0.1) is 0 Å². The molecule has 0 fully saturated rings. The Morgan fingerprint density at radius 1 is 1.00 bits per heavy atom. The van der Waals surface area contributed by atoms with Gasteiger partial charge < -0.3 is 8.85 Å². The molecule has 0 N–H and O–H groups in total. The van der Waals surface area contributed by atoms with Gasteiger partial charge in [-0.05, 0) is 36.8 Å². The van der Waals surface area contributed by atoms with Crippen molar-refractivity contribution < 1.29 is 8.85 Å².